The Morgan fingerprint density at radius 1 is 1.00 bits per heavy atom. The van der Waals surface area contributed by atoms with E-state index >= 15 is 0 Å². The number of carbonyl (C=O) groups is 1. The smallest absolute Gasteiger partial charge is 0.315 e. The first kappa shape index (κ1) is 16.4. The Kier molecular flexibility index (Phi) is 6.48. The van der Waals surface area contributed by atoms with Crippen molar-refractivity contribution in [3.05, 3.63) is 66.0 Å². The van der Waals surface area contributed by atoms with Crippen LogP contribution in [-0.4, -0.2) is 19.2 Å². The Morgan fingerprint density at radius 2 is 1.74 bits per heavy atom. The molecule has 0 bridgehead atoms. The lowest BCUT2D eigenvalue weighted by Gasteiger charge is -2.05. The summed E-state index contributed by atoms with van der Waals surface area (Å²) >= 11 is 0. The Hall–Kier alpha value is -3.00. The van der Waals surface area contributed by atoms with Crippen molar-refractivity contribution in [2.24, 2.45) is 0 Å². The van der Waals surface area contributed by atoms with Crippen molar-refractivity contribution < 1.29 is 13.9 Å². The highest BCUT2D eigenvalue weighted by molar-refractivity contribution is 5.74. The summed E-state index contributed by atoms with van der Waals surface area (Å²) in [5.41, 5.74) is 1.02. The van der Waals surface area contributed by atoms with Crippen molar-refractivity contribution in [1.82, 2.24) is 10.6 Å². The number of hydrogen-bond donors (Lipinski definition) is 2. The van der Waals surface area contributed by atoms with Crippen molar-refractivity contribution in [2.45, 2.75) is 6.54 Å². The van der Waals surface area contributed by atoms with Crippen LogP contribution in [0.25, 0.3) is 0 Å². The van der Waals surface area contributed by atoms with Crippen molar-refractivity contribution in [1.29, 1.82) is 0 Å². The van der Waals surface area contributed by atoms with Crippen molar-refractivity contribution in [2.75, 3.05) is 13.2 Å². The number of halogens is 1. The maximum Gasteiger partial charge on any atom is 0.315 e. The molecule has 0 unspecified atom stereocenters. The molecule has 0 atom stereocenters. The molecule has 2 aromatic carbocycles. The zero-order chi connectivity index (χ0) is 16.3. The van der Waals surface area contributed by atoms with Gasteiger partial charge in [-0.25, -0.2) is 9.18 Å². The first-order valence-corrected chi connectivity index (χ1v) is 7.14. The minimum Gasteiger partial charge on any atom is -0.478 e. The van der Waals surface area contributed by atoms with Crippen molar-refractivity contribution >= 4 is 6.03 Å². The fraction of sp³-hybridized carbons (Fsp3) is 0.167. The molecule has 2 aromatic rings. The maximum absolute atomic E-state index is 13.3. The van der Waals surface area contributed by atoms with Crippen LogP contribution in [0.5, 0.6) is 5.75 Å². The SMILES string of the molecule is O=C(NCC#CCOc1ccccc1F)NCc1ccccc1. The molecule has 0 saturated heterocycles. The van der Waals surface area contributed by atoms with Gasteiger partial charge in [-0.1, -0.05) is 54.3 Å². The Bertz CT molecular complexity index is 693. The Balaban J connectivity index is 1.61. The summed E-state index contributed by atoms with van der Waals surface area (Å²) in [5.74, 6) is 5.18. The first-order valence-electron chi connectivity index (χ1n) is 7.14. The van der Waals surface area contributed by atoms with Crippen LogP contribution in [0, 0.1) is 17.7 Å². The highest BCUT2D eigenvalue weighted by atomic mass is 19.1. The van der Waals surface area contributed by atoms with E-state index < -0.39 is 5.82 Å². The molecule has 0 spiro atoms. The van der Waals surface area contributed by atoms with E-state index in [1.807, 2.05) is 30.3 Å². The molecule has 4 nitrogen and oxygen atoms in total. The van der Waals surface area contributed by atoms with Gasteiger partial charge in [0.1, 0.15) is 6.61 Å². The van der Waals surface area contributed by atoms with Crippen LogP contribution in [0.1, 0.15) is 5.56 Å². The number of rotatable bonds is 5. The molecule has 0 aliphatic rings. The van der Waals surface area contributed by atoms with Crippen LogP contribution in [0.3, 0.4) is 0 Å². The van der Waals surface area contributed by atoms with E-state index in [1.165, 1.54) is 12.1 Å². The minimum absolute atomic E-state index is 0.0637. The zero-order valence-electron chi connectivity index (χ0n) is 12.5. The highest BCUT2D eigenvalue weighted by Gasteiger charge is 1.99. The summed E-state index contributed by atoms with van der Waals surface area (Å²) in [5, 5.41) is 5.33. The number of hydrogen-bond acceptors (Lipinski definition) is 2. The van der Waals surface area contributed by atoms with Crippen LogP contribution < -0.4 is 15.4 Å². The first-order chi connectivity index (χ1) is 11.3. The van der Waals surface area contributed by atoms with Gasteiger partial charge in [0.25, 0.3) is 0 Å². The molecule has 0 aliphatic carbocycles. The molecule has 118 valence electrons. The van der Waals surface area contributed by atoms with Crippen molar-refractivity contribution in [3.8, 4) is 17.6 Å². The van der Waals surface area contributed by atoms with Crippen LogP contribution in [0.15, 0.2) is 54.6 Å². The van der Waals surface area contributed by atoms with Gasteiger partial charge in [-0.3, -0.25) is 0 Å². The van der Waals surface area contributed by atoms with Gasteiger partial charge >= 0.3 is 6.03 Å². The maximum atomic E-state index is 13.3. The van der Waals surface area contributed by atoms with Crippen molar-refractivity contribution in [3.63, 3.8) is 0 Å². The lowest BCUT2D eigenvalue weighted by Crippen LogP contribution is -2.35. The minimum atomic E-state index is -0.423. The molecule has 2 rings (SSSR count). The topological polar surface area (TPSA) is 50.4 Å². The number of ether oxygens (including phenoxy) is 1. The number of carbonyl (C=O) groups excluding carboxylic acids is 1. The zero-order valence-corrected chi connectivity index (χ0v) is 12.5. The predicted octanol–water partition coefficient (Wildman–Crippen LogP) is 2.71. The average Bonchev–Trinajstić information content (AvgIpc) is 2.58. The molecule has 0 saturated carbocycles. The standard InChI is InChI=1S/C18H17FN2O2/c19-16-10-4-5-11-17(16)23-13-7-6-12-20-18(22)21-14-15-8-2-1-3-9-15/h1-5,8-11H,12-14H2,(H2,20,21,22). The summed E-state index contributed by atoms with van der Waals surface area (Å²) in [6, 6.07) is 15.4. The Morgan fingerprint density at radius 3 is 2.52 bits per heavy atom. The number of para-hydroxylation sites is 1. The van der Waals surface area contributed by atoms with Gasteiger partial charge in [-0.05, 0) is 17.7 Å². The van der Waals surface area contributed by atoms with Crippen LogP contribution in [-0.2, 0) is 6.54 Å². The van der Waals surface area contributed by atoms with Gasteiger partial charge in [0, 0.05) is 6.54 Å². The van der Waals surface area contributed by atoms with Crippen LogP contribution >= 0.6 is 0 Å². The molecule has 0 aliphatic heterocycles. The molecular weight excluding hydrogens is 295 g/mol. The van der Waals surface area contributed by atoms with Crippen LogP contribution in [0.2, 0.25) is 0 Å². The van der Waals surface area contributed by atoms with E-state index in [0.29, 0.717) is 6.54 Å². The van der Waals surface area contributed by atoms with E-state index in [1.54, 1.807) is 12.1 Å². The Labute approximate surface area is 134 Å². The molecule has 0 heterocycles. The molecule has 0 radical (unpaired) electrons. The normalized spacial score (nSPS) is 9.43. The number of amides is 2. The van der Waals surface area contributed by atoms with Gasteiger partial charge in [-0.2, -0.15) is 0 Å². The molecule has 0 aromatic heterocycles. The lowest BCUT2D eigenvalue weighted by atomic mass is 10.2. The molecule has 23 heavy (non-hydrogen) atoms. The van der Waals surface area contributed by atoms with E-state index in [4.69, 9.17) is 4.74 Å². The third-order valence-electron chi connectivity index (χ3n) is 2.89. The van der Waals surface area contributed by atoms with Gasteiger partial charge in [-0.15, -0.1) is 0 Å². The quantitative estimate of drug-likeness (QED) is 0.834. The molecule has 0 fully saturated rings. The third kappa shape index (κ3) is 6.10. The van der Waals surface area contributed by atoms with E-state index in [9.17, 15) is 9.18 Å². The third-order valence-corrected chi connectivity index (χ3v) is 2.89. The second kappa shape index (κ2) is 9.11. The molecular formula is C18H17FN2O2. The number of benzene rings is 2. The van der Waals surface area contributed by atoms with Crippen LogP contribution in [0.4, 0.5) is 9.18 Å². The fourth-order valence-electron chi connectivity index (χ4n) is 1.75. The largest absolute Gasteiger partial charge is 0.478 e. The van der Waals surface area contributed by atoms with E-state index in [2.05, 4.69) is 22.5 Å². The summed E-state index contributed by atoms with van der Waals surface area (Å²) < 4.78 is 18.4. The van der Waals surface area contributed by atoms with Gasteiger partial charge in [0.05, 0.1) is 6.54 Å². The number of urea groups is 1. The van der Waals surface area contributed by atoms with Gasteiger partial charge < -0.3 is 15.4 Å². The average molecular weight is 312 g/mol. The summed E-state index contributed by atoms with van der Waals surface area (Å²) in [6.07, 6.45) is 0. The summed E-state index contributed by atoms with van der Waals surface area (Å²) in [7, 11) is 0. The molecule has 5 heteroatoms. The van der Waals surface area contributed by atoms with Gasteiger partial charge in [0.2, 0.25) is 0 Å². The second-order valence-corrected chi connectivity index (χ2v) is 4.59. The lowest BCUT2D eigenvalue weighted by molar-refractivity contribution is 0.241. The highest BCUT2D eigenvalue weighted by Crippen LogP contribution is 2.14. The van der Waals surface area contributed by atoms with E-state index in [-0.39, 0.29) is 24.9 Å². The summed E-state index contributed by atoms with van der Waals surface area (Å²) in [6.45, 7) is 0.714. The van der Waals surface area contributed by atoms with E-state index in [0.717, 1.165) is 5.56 Å². The molecule has 2 N–H and O–H groups in total. The summed E-state index contributed by atoms with van der Waals surface area (Å²) in [4.78, 5) is 11.5. The molecule has 2 amide bonds. The predicted molar refractivity (Wildman–Crippen MR) is 86.4 cm³/mol. The monoisotopic (exact) mass is 312 g/mol. The van der Waals surface area contributed by atoms with Gasteiger partial charge in [0.15, 0.2) is 11.6 Å². The fourth-order valence-corrected chi connectivity index (χ4v) is 1.75. The second-order valence-electron chi connectivity index (χ2n) is 4.59. The number of nitrogens with one attached hydrogen (secondary N) is 2.